The molecule has 0 aromatic heterocycles. The largest absolute Gasteiger partial charge is 0.433 e. The minimum absolute atomic E-state index is 0.0361. The van der Waals surface area contributed by atoms with E-state index in [4.69, 9.17) is 23.2 Å². The van der Waals surface area contributed by atoms with Crippen LogP contribution in [0.15, 0.2) is 41.3 Å². The quantitative estimate of drug-likeness (QED) is 0.736. The normalized spacial score (nSPS) is 11.7. The molecular formula is C16H14Cl2F2N2O4S. The van der Waals surface area contributed by atoms with E-state index in [1.54, 1.807) is 0 Å². The Hall–Kier alpha value is -1.94. The molecule has 1 N–H and O–H groups in total. The number of benzene rings is 2. The van der Waals surface area contributed by atoms with Crippen LogP contribution in [0.2, 0.25) is 10.0 Å². The molecule has 0 aliphatic rings. The molecule has 2 rings (SSSR count). The van der Waals surface area contributed by atoms with Crippen molar-refractivity contribution in [1.29, 1.82) is 0 Å². The minimum atomic E-state index is -3.76. The summed E-state index contributed by atoms with van der Waals surface area (Å²) in [5.74, 6) is -0.948. The number of hydrogen-bond acceptors (Lipinski definition) is 4. The van der Waals surface area contributed by atoms with Gasteiger partial charge in [0, 0.05) is 19.8 Å². The second-order valence-electron chi connectivity index (χ2n) is 5.41. The summed E-state index contributed by atoms with van der Waals surface area (Å²) in [6, 6.07) is 7.39. The number of sulfonamides is 1. The van der Waals surface area contributed by atoms with Crippen molar-refractivity contribution in [2.45, 2.75) is 11.5 Å². The van der Waals surface area contributed by atoms with E-state index in [1.807, 2.05) is 0 Å². The first-order chi connectivity index (χ1) is 12.5. The lowest BCUT2D eigenvalue weighted by atomic mass is 10.2. The Morgan fingerprint density at radius 1 is 1.11 bits per heavy atom. The van der Waals surface area contributed by atoms with E-state index < -0.39 is 22.5 Å². The molecule has 0 saturated heterocycles. The van der Waals surface area contributed by atoms with Gasteiger partial charge in [-0.15, -0.1) is 0 Å². The summed E-state index contributed by atoms with van der Waals surface area (Å²) in [6.45, 7) is -3.04. The fourth-order valence-corrected chi connectivity index (χ4v) is 3.38. The summed E-state index contributed by atoms with van der Waals surface area (Å²) in [6.07, 6.45) is 0. The van der Waals surface area contributed by atoms with Crippen LogP contribution < -0.4 is 10.1 Å². The topological polar surface area (TPSA) is 75.7 Å². The molecule has 0 spiro atoms. The lowest BCUT2D eigenvalue weighted by Gasteiger charge is -2.14. The number of halogens is 4. The lowest BCUT2D eigenvalue weighted by molar-refractivity contribution is -0.0497. The number of rotatable bonds is 6. The highest BCUT2D eigenvalue weighted by molar-refractivity contribution is 7.89. The Morgan fingerprint density at radius 3 is 2.33 bits per heavy atom. The third-order valence-electron chi connectivity index (χ3n) is 3.37. The average molecular weight is 439 g/mol. The number of carbonyl (C=O) groups is 1. The van der Waals surface area contributed by atoms with Crippen LogP contribution in [0.5, 0.6) is 5.75 Å². The Morgan fingerprint density at radius 2 is 1.78 bits per heavy atom. The van der Waals surface area contributed by atoms with E-state index in [0.29, 0.717) is 0 Å². The van der Waals surface area contributed by atoms with Crippen LogP contribution in [0.25, 0.3) is 0 Å². The molecule has 146 valence electrons. The van der Waals surface area contributed by atoms with Crippen molar-refractivity contribution < 1.29 is 26.7 Å². The van der Waals surface area contributed by atoms with Crippen molar-refractivity contribution in [3.05, 3.63) is 52.0 Å². The van der Waals surface area contributed by atoms with E-state index in [1.165, 1.54) is 44.4 Å². The predicted octanol–water partition coefficient (Wildman–Crippen LogP) is 4.10. The van der Waals surface area contributed by atoms with Gasteiger partial charge in [-0.3, -0.25) is 4.79 Å². The third kappa shape index (κ3) is 5.07. The molecule has 2 aromatic carbocycles. The monoisotopic (exact) mass is 438 g/mol. The van der Waals surface area contributed by atoms with Crippen molar-refractivity contribution >= 4 is 44.8 Å². The summed E-state index contributed by atoms with van der Waals surface area (Å²) in [4.78, 5) is 12.3. The van der Waals surface area contributed by atoms with Crippen molar-refractivity contribution in [2.24, 2.45) is 0 Å². The standard InChI is InChI=1S/C16H14Cl2F2N2O4S/c1-22(2)27(24,25)10-4-5-12(17)11(8-10)15(23)21-9-3-6-14(13(18)7-9)26-16(19)20/h3-8,16H,1-2H3,(H,21,23). The Bertz CT molecular complexity index is 969. The number of carbonyl (C=O) groups excluding carboxylic acids is 1. The zero-order chi connectivity index (χ0) is 20.4. The molecule has 0 unspecified atom stereocenters. The van der Waals surface area contributed by atoms with Crippen LogP contribution in [0.3, 0.4) is 0 Å². The number of ether oxygens (including phenoxy) is 1. The minimum Gasteiger partial charge on any atom is -0.433 e. The van der Waals surface area contributed by atoms with Gasteiger partial charge in [-0.25, -0.2) is 12.7 Å². The second-order valence-corrected chi connectivity index (χ2v) is 8.37. The van der Waals surface area contributed by atoms with Crippen LogP contribution in [0, 0.1) is 0 Å². The van der Waals surface area contributed by atoms with Crippen molar-refractivity contribution in [1.82, 2.24) is 4.31 Å². The smallest absolute Gasteiger partial charge is 0.387 e. The highest BCUT2D eigenvalue weighted by Gasteiger charge is 2.21. The van der Waals surface area contributed by atoms with Gasteiger partial charge in [0.2, 0.25) is 10.0 Å². The first-order valence-corrected chi connectivity index (χ1v) is 9.49. The molecule has 27 heavy (non-hydrogen) atoms. The lowest BCUT2D eigenvalue weighted by Crippen LogP contribution is -2.23. The predicted molar refractivity (Wildman–Crippen MR) is 98.4 cm³/mol. The third-order valence-corrected chi connectivity index (χ3v) is 5.80. The molecule has 0 radical (unpaired) electrons. The molecule has 0 aliphatic carbocycles. The Balaban J connectivity index is 2.30. The van der Waals surface area contributed by atoms with Crippen LogP contribution >= 0.6 is 23.2 Å². The summed E-state index contributed by atoms with van der Waals surface area (Å²) < 4.78 is 54.1. The van der Waals surface area contributed by atoms with Crippen molar-refractivity contribution in [3.8, 4) is 5.75 Å². The fraction of sp³-hybridized carbons (Fsp3) is 0.188. The first-order valence-electron chi connectivity index (χ1n) is 7.30. The first kappa shape index (κ1) is 21.4. The number of hydrogen-bond donors (Lipinski definition) is 1. The maximum absolute atomic E-state index is 12.5. The molecule has 1 amide bonds. The van der Waals surface area contributed by atoms with Crippen LogP contribution in [-0.4, -0.2) is 39.3 Å². The molecule has 0 atom stereocenters. The van der Waals surface area contributed by atoms with E-state index in [-0.39, 0.29) is 31.9 Å². The number of nitrogens with one attached hydrogen (secondary N) is 1. The maximum Gasteiger partial charge on any atom is 0.387 e. The van der Waals surface area contributed by atoms with Crippen LogP contribution in [-0.2, 0) is 10.0 Å². The number of amides is 1. The van der Waals surface area contributed by atoms with Gasteiger partial charge in [0.05, 0.1) is 20.5 Å². The van der Waals surface area contributed by atoms with Crippen molar-refractivity contribution in [3.63, 3.8) is 0 Å². The molecule has 2 aromatic rings. The van der Waals surface area contributed by atoms with E-state index in [2.05, 4.69) is 10.1 Å². The number of nitrogens with zero attached hydrogens (tertiary/aromatic N) is 1. The molecule has 0 bridgehead atoms. The van der Waals surface area contributed by atoms with Gasteiger partial charge in [-0.2, -0.15) is 8.78 Å². The number of anilines is 1. The maximum atomic E-state index is 12.5. The van der Waals surface area contributed by atoms with Crippen LogP contribution in [0.1, 0.15) is 10.4 Å². The molecule has 0 heterocycles. The van der Waals surface area contributed by atoms with Crippen molar-refractivity contribution in [2.75, 3.05) is 19.4 Å². The summed E-state index contributed by atoms with van der Waals surface area (Å²) in [7, 11) is -1.05. The highest BCUT2D eigenvalue weighted by Crippen LogP contribution is 2.30. The fourth-order valence-electron chi connectivity index (χ4n) is 2.02. The molecule has 6 nitrogen and oxygen atoms in total. The van der Waals surface area contributed by atoms with Crippen LogP contribution in [0.4, 0.5) is 14.5 Å². The summed E-state index contributed by atoms with van der Waals surface area (Å²) >= 11 is 11.8. The molecular weight excluding hydrogens is 425 g/mol. The summed E-state index contributed by atoms with van der Waals surface area (Å²) in [5.41, 5.74) is 0.104. The highest BCUT2D eigenvalue weighted by atomic mass is 35.5. The molecule has 0 saturated carbocycles. The van der Waals surface area contributed by atoms with Gasteiger partial charge >= 0.3 is 6.61 Å². The molecule has 0 aliphatic heterocycles. The average Bonchev–Trinajstić information content (AvgIpc) is 2.57. The van der Waals surface area contributed by atoms with Gasteiger partial charge in [-0.1, -0.05) is 23.2 Å². The SMILES string of the molecule is CN(C)S(=O)(=O)c1ccc(Cl)c(C(=O)Nc2ccc(OC(F)F)c(Cl)c2)c1. The zero-order valence-corrected chi connectivity index (χ0v) is 16.4. The summed E-state index contributed by atoms with van der Waals surface area (Å²) in [5, 5.41) is 2.37. The van der Waals surface area contributed by atoms with Gasteiger partial charge in [0.15, 0.2) is 0 Å². The Labute approximate surface area is 164 Å². The number of alkyl halides is 2. The van der Waals surface area contributed by atoms with Gasteiger partial charge in [-0.05, 0) is 36.4 Å². The van der Waals surface area contributed by atoms with Gasteiger partial charge in [0.1, 0.15) is 5.75 Å². The van der Waals surface area contributed by atoms with E-state index in [9.17, 15) is 22.0 Å². The van der Waals surface area contributed by atoms with Gasteiger partial charge < -0.3 is 10.1 Å². The zero-order valence-electron chi connectivity index (χ0n) is 14.0. The molecule has 11 heteroatoms. The molecule has 0 fully saturated rings. The second kappa shape index (κ2) is 8.39. The van der Waals surface area contributed by atoms with E-state index >= 15 is 0 Å². The Kier molecular flexibility index (Phi) is 6.63. The van der Waals surface area contributed by atoms with E-state index in [0.717, 1.165) is 10.4 Å². The van der Waals surface area contributed by atoms with Gasteiger partial charge in [0.25, 0.3) is 5.91 Å².